The Labute approximate surface area is 64.9 Å². The normalized spacial score (nSPS) is 5.50. The quantitative estimate of drug-likeness (QED) is 0.402. The van der Waals surface area contributed by atoms with E-state index in [1.54, 1.807) is 0 Å². The molecule has 0 saturated heterocycles. The van der Waals surface area contributed by atoms with Crippen molar-refractivity contribution < 1.29 is 18.4 Å². The van der Waals surface area contributed by atoms with Crippen LogP contribution in [0, 0.1) is 0 Å². The van der Waals surface area contributed by atoms with Gasteiger partial charge < -0.3 is 13.9 Å². The summed E-state index contributed by atoms with van der Waals surface area (Å²) in [6.45, 7) is 0. The van der Waals surface area contributed by atoms with Crippen LogP contribution in [0.2, 0.25) is 0 Å². The van der Waals surface area contributed by atoms with E-state index in [1.807, 2.05) is 0 Å². The van der Waals surface area contributed by atoms with Crippen molar-refractivity contribution in [3.63, 3.8) is 0 Å². The van der Waals surface area contributed by atoms with Crippen molar-refractivity contribution >= 4 is 46.9 Å². The minimum Gasteiger partial charge on any atom is -0.478 e. The Morgan fingerprint density at radius 2 is 2.00 bits per heavy atom. The molecule has 0 N–H and O–H groups in total. The van der Waals surface area contributed by atoms with Crippen molar-refractivity contribution in [2.45, 2.75) is 0 Å². The minimum absolute atomic E-state index is 0. The molecule has 0 atom stereocenters. The average molecular weight is 135 g/mol. The summed E-state index contributed by atoms with van der Waals surface area (Å²) in [7, 11) is -3.54. The molecule has 0 aromatic heterocycles. The zero-order valence-electron chi connectivity index (χ0n) is 2.81. The predicted octanol–water partition coefficient (Wildman–Crippen LogP) is -1.72. The fourth-order valence-electron chi connectivity index (χ4n) is 0. The van der Waals surface area contributed by atoms with Crippen LogP contribution < -0.4 is 4.80 Å². The summed E-state index contributed by atoms with van der Waals surface area (Å²) in [4.78, 5) is 8.84. The van der Waals surface area contributed by atoms with Crippen LogP contribution in [-0.4, -0.2) is 46.9 Å². The smallest absolute Gasteiger partial charge is 0.478 e. The maximum atomic E-state index is 10.0. The SMILES string of the molecule is O=[Si]([O-])OF.[Ca+2]. The van der Waals surface area contributed by atoms with Gasteiger partial charge in [-0.25, -0.2) is 0 Å². The first-order chi connectivity index (χ1) is 2.27. The molecule has 0 aromatic carbocycles. The molecule has 0 radical (unpaired) electrons. The van der Waals surface area contributed by atoms with Crippen molar-refractivity contribution in [3.05, 3.63) is 0 Å². The van der Waals surface area contributed by atoms with E-state index in [2.05, 4.69) is 4.63 Å². The van der Waals surface area contributed by atoms with Crippen LogP contribution in [0.5, 0.6) is 0 Å². The van der Waals surface area contributed by atoms with Gasteiger partial charge in [0.25, 0.3) is 0 Å². The molecule has 0 rings (SSSR count). The fraction of sp³-hybridized carbons (Fsp3) is 0. The van der Waals surface area contributed by atoms with Gasteiger partial charge in [-0.15, -0.1) is 0 Å². The van der Waals surface area contributed by atoms with Gasteiger partial charge >= 0.3 is 46.9 Å². The van der Waals surface area contributed by atoms with E-state index >= 15 is 0 Å². The maximum Gasteiger partial charge on any atom is 2.00 e. The topological polar surface area (TPSA) is 49.4 Å². The van der Waals surface area contributed by atoms with E-state index < -0.39 is 9.17 Å². The van der Waals surface area contributed by atoms with Crippen LogP contribution in [0.15, 0.2) is 0 Å². The molecule has 0 aliphatic heterocycles. The molecule has 30 valence electrons. The molecule has 3 nitrogen and oxygen atoms in total. The molecule has 0 aliphatic rings. The van der Waals surface area contributed by atoms with Crippen molar-refractivity contribution in [2.75, 3.05) is 0 Å². The van der Waals surface area contributed by atoms with E-state index in [1.165, 1.54) is 0 Å². The third-order valence-electron chi connectivity index (χ3n) is 0.0630. The first kappa shape index (κ1) is 9.93. The minimum atomic E-state index is -3.54. The van der Waals surface area contributed by atoms with Gasteiger partial charge in [0.15, 0.2) is 0 Å². The van der Waals surface area contributed by atoms with Gasteiger partial charge in [0.05, 0.1) is 0 Å². The Bertz CT molecular complexity index is 46.1. The summed E-state index contributed by atoms with van der Waals surface area (Å²) in [5.74, 6) is 0. The Balaban J connectivity index is 0. The Morgan fingerprint density at radius 1 is 1.83 bits per heavy atom. The monoisotopic (exact) mass is 135 g/mol. The summed E-state index contributed by atoms with van der Waals surface area (Å²) >= 11 is 0. The summed E-state index contributed by atoms with van der Waals surface area (Å²) in [5, 5.41) is 0. The molecular weight excluding hydrogens is 135 g/mol. The Hall–Kier alpha value is 0.807. The second-order valence-corrected chi connectivity index (χ2v) is 0.981. The molecule has 0 aromatic rings. The third kappa shape index (κ3) is 8.84. The molecule has 0 bridgehead atoms. The first-order valence-corrected chi connectivity index (χ1v) is 1.99. The summed E-state index contributed by atoms with van der Waals surface area (Å²) in [6.07, 6.45) is 0. The predicted molar refractivity (Wildman–Crippen MR) is 14.4 cm³/mol. The first-order valence-electron chi connectivity index (χ1n) is 0.767. The molecule has 0 spiro atoms. The van der Waals surface area contributed by atoms with Crippen molar-refractivity contribution in [2.24, 2.45) is 0 Å². The van der Waals surface area contributed by atoms with Crippen LogP contribution in [0.3, 0.4) is 0 Å². The number of hydrogen-bond donors (Lipinski definition) is 0. The molecule has 0 fully saturated rings. The van der Waals surface area contributed by atoms with Gasteiger partial charge in [-0.1, -0.05) is 4.53 Å². The largest absolute Gasteiger partial charge is 2.00 e. The van der Waals surface area contributed by atoms with Crippen LogP contribution in [-0.2, 0) is 9.09 Å². The molecule has 0 saturated carbocycles. The second-order valence-electron chi connectivity index (χ2n) is 0.327. The zero-order valence-corrected chi connectivity index (χ0v) is 6.02. The average Bonchev–Trinajstić information content (AvgIpc) is 1.38. The number of rotatable bonds is 1. The number of hydrogen-bond acceptors (Lipinski definition) is 3. The van der Waals surface area contributed by atoms with Gasteiger partial charge in [0.2, 0.25) is 0 Å². The van der Waals surface area contributed by atoms with E-state index in [9.17, 15) is 4.53 Å². The van der Waals surface area contributed by atoms with Crippen molar-refractivity contribution in [3.8, 4) is 0 Å². The van der Waals surface area contributed by atoms with Gasteiger partial charge in [-0.2, -0.15) is 0 Å². The third-order valence-corrected chi connectivity index (χ3v) is 0.189. The Kier molecular flexibility index (Phi) is 9.61. The van der Waals surface area contributed by atoms with Gasteiger partial charge in [0.1, 0.15) is 0 Å². The maximum absolute atomic E-state index is 10.0. The molecule has 6 heteroatoms. The molecular formula is CaFO3Si+. The van der Waals surface area contributed by atoms with Crippen LogP contribution in [0.25, 0.3) is 0 Å². The van der Waals surface area contributed by atoms with Gasteiger partial charge in [-0.3, -0.25) is 0 Å². The molecule has 0 heterocycles. The molecule has 0 aliphatic carbocycles. The van der Waals surface area contributed by atoms with E-state index in [0.29, 0.717) is 0 Å². The second kappa shape index (κ2) is 5.81. The zero-order chi connectivity index (χ0) is 4.28. The van der Waals surface area contributed by atoms with Crippen molar-refractivity contribution in [1.82, 2.24) is 0 Å². The van der Waals surface area contributed by atoms with Crippen LogP contribution >= 0.6 is 0 Å². The van der Waals surface area contributed by atoms with Gasteiger partial charge in [-0.05, 0) is 0 Å². The Morgan fingerprint density at radius 3 is 2.00 bits per heavy atom. The van der Waals surface area contributed by atoms with Crippen LogP contribution in [0.1, 0.15) is 0 Å². The standard InChI is InChI=1S/Ca.FO3Si/c;1-4-5(2)3/q+2;-1. The van der Waals surface area contributed by atoms with E-state index in [-0.39, 0.29) is 37.7 Å². The summed E-state index contributed by atoms with van der Waals surface area (Å²) in [5.41, 5.74) is 0. The number of halogens is 1. The molecule has 6 heavy (non-hydrogen) atoms. The van der Waals surface area contributed by atoms with E-state index in [0.717, 1.165) is 0 Å². The van der Waals surface area contributed by atoms with Crippen LogP contribution in [0.4, 0.5) is 4.53 Å². The summed E-state index contributed by atoms with van der Waals surface area (Å²) < 4.78 is 21.1. The molecule has 0 unspecified atom stereocenters. The van der Waals surface area contributed by atoms with E-state index in [4.69, 9.17) is 9.26 Å². The van der Waals surface area contributed by atoms with Crippen molar-refractivity contribution in [1.29, 1.82) is 0 Å². The molecule has 0 amide bonds. The summed E-state index contributed by atoms with van der Waals surface area (Å²) in [6, 6.07) is 0. The van der Waals surface area contributed by atoms with Gasteiger partial charge in [0, 0.05) is 0 Å². The fourth-order valence-corrected chi connectivity index (χ4v) is 0.